The molecule has 34 heavy (non-hydrogen) atoms. The van der Waals surface area contributed by atoms with Crippen molar-refractivity contribution in [3.05, 3.63) is 106 Å². The fourth-order valence-corrected chi connectivity index (χ4v) is 3.84. The average molecular weight is 471 g/mol. The number of nitrogens with zero attached hydrogens (tertiary/aromatic N) is 2. The molecule has 1 atom stereocenters. The second kappa shape index (κ2) is 14.7. The third-order valence-electron chi connectivity index (χ3n) is 5.34. The molecule has 0 spiro atoms. The van der Waals surface area contributed by atoms with E-state index in [1.165, 1.54) is 28.7 Å². The van der Waals surface area contributed by atoms with Crippen molar-refractivity contribution in [2.45, 2.75) is 53.6 Å². The zero-order chi connectivity index (χ0) is 24.8. The lowest BCUT2D eigenvalue weighted by atomic mass is 9.96. The van der Waals surface area contributed by atoms with Gasteiger partial charge in [-0.3, -0.25) is 4.98 Å². The van der Waals surface area contributed by atoms with Gasteiger partial charge in [0.25, 0.3) is 0 Å². The Kier molecular flexibility index (Phi) is 11.6. The minimum Gasteiger partial charge on any atom is -0.488 e. The summed E-state index contributed by atoms with van der Waals surface area (Å²) in [6.07, 6.45) is 4.89. The summed E-state index contributed by atoms with van der Waals surface area (Å²) < 4.78 is 5.61. The molecule has 0 radical (unpaired) electrons. The molecular weight excluding hydrogens is 436 g/mol. The number of aromatic nitrogens is 1. The minimum absolute atomic E-state index is 0.462. The Morgan fingerprint density at radius 3 is 2.26 bits per heavy atom. The van der Waals surface area contributed by atoms with E-state index >= 15 is 0 Å². The predicted octanol–water partition coefficient (Wildman–Crippen LogP) is 8.80. The van der Waals surface area contributed by atoms with Crippen molar-refractivity contribution >= 4 is 11.3 Å². The highest BCUT2D eigenvalue weighted by Crippen LogP contribution is 2.23. The second-order valence-corrected chi connectivity index (χ2v) is 8.64. The first-order valence-corrected chi connectivity index (χ1v) is 12.6. The van der Waals surface area contributed by atoms with E-state index in [0.717, 1.165) is 10.6 Å². The van der Waals surface area contributed by atoms with Crippen LogP contribution < -0.4 is 4.74 Å². The van der Waals surface area contributed by atoms with E-state index in [-0.39, 0.29) is 0 Å². The average Bonchev–Trinajstić information content (AvgIpc) is 3.38. The molecule has 0 aliphatic heterocycles. The molecule has 0 aliphatic rings. The van der Waals surface area contributed by atoms with E-state index in [1.54, 1.807) is 17.5 Å². The lowest BCUT2D eigenvalue weighted by Gasteiger charge is -2.09. The van der Waals surface area contributed by atoms with Crippen molar-refractivity contribution in [1.29, 1.82) is 5.26 Å². The van der Waals surface area contributed by atoms with Gasteiger partial charge in [0, 0.05) is 12.4 Å². The highest BCUT2D eigenvalue weighted by atomic mass is 32.1. The molecule has 3 nitrogen and oxygen atoms in total. The Balaban J connectivity index is 0.000000224. The summed E-state index contributed by atoms with van der Waals surface area (Å²) in [5, 5.41) is 10.8. The van der Waals surface area contributed by atoms with Crippen LogP contribution in [0.2, 0.25) is 0 Å². The molecule has 4 aromatic rings. The normalized spacial score (nSPS) is 10.6. The maximum absolute atomic E-state index is 8.84. The molecule has 2 aromatic heterocycles. The fraction of sp³-hybridized carbons (Fsp3) is 0.267. The van der Waals surface area contributed by atoms with Crippen LogP contribution in [-0.4, -0.2) is 4.98 Å². The van der Waals surface area contributed by atoms with Gasteiger partial charge in [0.2, 0.25) is 0 Å². The van der Waals surface area contributed by atoms with Crippen molar-refractivity contribution in [3.63, 3.8) is 0 Å². The number of hydrogen-bond acceptors (Lipinski definition) is 4. The van der Waals surface area contributed by atoms with Gasteiger partial charge in [-0.05, 0) is 65.6 Å². The zero-order valence-electron chi connectivity index (χ0n) is 20.8. The maximum Gasteiger partial charge on any atom is 0.124 e. The largest absolute Gasteiger partial charge is 0.488 e. The summed E-state index contributed by atoms with van der Waals surface area (Å²) in [6.45, 7) is 11.0. The van der Waals surface area contributed by atoms with Gasteiger partial charge in [0.15, 0.2) is 0 Å². The molecule has 0 fully saturated rings. The van der Waals surface area contributed by atoms with Crippen LogP contribution in [0.3, 0.4) is 0 Å². The van der Waals surface area contributed by atoms with Gasteiger partial charge >= 0.3 is 0 Å². The van der Waals surface area contributed by atoms with Crippen molar-refractivity contribution in [2.24, 2.45) is 0 Å². The summed E-state index contributed by atoms with van der Waals surface area (Å²) in [7, 11) is 0. The van der Waals surface area contributed by atoms with E-state index < -0.39 is 0 Å². The lowest BCUT2D eigenvalue weighted by Crippen LogP contribution is -1.94. The Labute approximate surface area is 208 Å². The Morgan fingerprint density at radius 1 is 0.971 bits per heavy atom. The van der Waals surface area contributed by atoms with Crippen LogP contribution in [0, 0.1) is 18.3 Å². The zero-order valence-corrected chi connectivity index (χ0v) is 21.6. The molecule has 0 bridgehead atoms. The summed E-state index contributed by atoms with van der Waals surface area (Å²) >= 11 is 1.55. The van der Waals surface area contributed by atoms with Crippen LogP contribution in [0.25, 0.3) is 11.1 Å². The number of pyridine rings is 1. The summed E-state index contributed by atoms with van der Waals surface area (Å²) in [5.41, 5.74) is 5.74. The maximum atomic E-state index is 8.84. The topological polar surface area (TPSA) is 45.9 Å². The first kappa shape index (κ1) is 26.8. The van der Waals surface area contributed by atoms with Crippen LogP contribution in [-0.2, 0) is 6.61 Å². The molecule has 1 unspecified atom stereocenters. The molecule has 4 rings (SSSR count). The van der Waals surface area contributed by atoms with E-state index in [0.29, 0.717) is 18.1 Å². The minimum atomic E-state index is 0.462. The molecule has 2 aromatic carbocycles. The molecule has 2 heterocycles. The van der Waals surface area contributed by atoms with Gasteiger partial charge in [-0.25, -0.2) is 0 Å². The lowest BCUT2D eigenvalue weighted by molar-refractivity contribution is 0.309. The summed E-state index contributed by atoms with van der Waals surface area (Å²) in [5.74, 6) is 1.48. The molecule has 0 N–H and O–H groups in total. The molecule has 0 saturated heterocycles. The smallest absolute Gasteiger partial charge is 0.124 e. The third kappa shape index (κ3) is 8.17. The van der Waals surface area contributed by atoms with E-state index in [9.17, 15) is 0 Å². The van der Waals surface area contributed by atoms with Crippen molar-refractivity contribution in [3.8, 4) is 22.9 Å². The molecular formula is C30H34N2OS. The number of nitriles is 1. The predicted molar refractivity (Wildman–Crippen MR) is 144 cm³/mol. The molecule has 4 heteroatoms. The Hall–Kier alpha value is -3.42. The Bertz CT molecular complexity index is 1130. The van der Waals surface area contributed by atoms with Gasteiger partial charge in [-0.2, -0.15) is 5.26 Å². The number of benzene rings is 2. The van der Waals surface area contributed by atoms with Gasteiger partial charge in [0.1, 0.15) is 18.4 Å². The molecule has 176 valence electrons. The van der Waals surface area contributed by atoms with E-state index in [1.807, 2.05) is 68.7 Å². The summed E-state index contributed by atoms with van der Waals surface area (Å²) in [4.78, 5) is 5.11. The van der Waals surface area contributed by atoms with Gasteiger partial charge in [0.05, 0.1) is 10.4 Å². The summed E-state index contributed by atoms with van der Waals surface area (Å²) in [6, 6.07) is 24.7. The third-order valence-corrected chi connectivity index (χ3v) is 6.24. The molecule has 0 amide bonds. The fourth-order valence-electron chi connectivity index (χ4n) is 3.11. The second-order valence-electron chi connectivity index (χ2n) is 7.64. The van der Waals surface area contributed by atoms with Crippen LogP contribution in [0.1, 0.15) is 61.6 Å². The van der Waals surface area contributed by atoms with Gasteiger partial charge in [-0.15, -0.1) is 11.3 Å². The highest BCUT2D eigenvalue weighted by molar-refractivity contribution is 7.10. The van der Waals surface area contributed by atoms with Gasteiger partial charge < -0.3 is 4.74 Å². The quantitative estimate of drug-likeness (QED) is 0.283. The van der Waals surface area contributed by atoms with Crippen molar-refractivity contribution in [1.82, 2.24) is 4.98 Å². The first-order chi connectivity index (χ1) is 16.6. The number of ether oxygens (including phenoxy) is 1. The standard InChI is InChI=1S/C15H17N.C13H11NOS.C2H6/c1-3-12(2)13-6-8-14(9-7-13)15-5-4-10-16-11-15;1-10-2-4-12(5-3-10)15-9-13-11(8-14)6-7-16-13;1-2/h4-12H,3H2,1-2H3;2-7H,9H2,1H3;1-2H3. The van der Waals surface area contributed by atoms with Crippen LogP contribution >= 0.6 is 11.3 Å². The van der Waals surface area contributed by atoms with Crippen LogP contribution in [0.4, 0.5) is 0 Å². The van der Waals surface area contributed by atoms with Crippen LogP contribution in [0.5, 0.6) is 5.75 Å². The number of thiophene rings is 1. The SMILES string of the molecule is CC.CCC(C)c1ccc(-c2cccnc2)cc1.Cc1ccc(OCc2sccc2C#N)cc1. The van der Waals surface area contributed by atoms with Crippen molar-refractivity contribution in [2.75, 3.05) is 0 Å². The number of aryl methyl sites for hydroxylation is 1. The van der Waals surface area contributed by atoms with E-state index in [4.69, 9.17) is 10.00 Å². The molecule has 0 aliphatic carbocycles. The first-order valence-electron chi connectivity index (χ1n) is 11.8. The Morgan fingerprint density at radius 2 is 1.68 bits per heavy atom. The number of hydrogen-bond donors (Lipinski definition) is 0. The van der Waals surface area contributed by atoms with Crippen LogP contribution in [0.15, 0.2) is 84.5 Å². The number of rotatable bonds is 6. The van der Waals surface area contributed by atoms with E-state index in [2.05, 4.69) is 55.2 Å². The van der Waals surface area contributed by atoms with Crippen molar-refractivity contribution < 1.29 is 4.74 Å². The monoisotopic (exact) mass is 470 g/mol. The van der Waals surface area contributed by atoms with Gasteiger partial charge in [-0.1, -0.05) is 75.7 Å². The highest BCUT2D eigenvalue weighted by Gasteiger charge is 2.04. The molecule has 0 saturated carbocycles.